The molecule has 2 aromatic rings. The summed E-state index contributed by atoms with van der Waals surface area (Å²) >= 11 is 1.69. The molecular formula is C14H21N5OS. The Labute approximate surface area is 128 Å². The van der Waals surface area contributed by atoms with Gasteiger partial charge < -0.3 is 5.32 Å². The number of carbonyl (C=O) groups excluding carboxylic acids is 1. The third kappa shape index (κ3) is 5.26. The first kappa shape index (κ1) is 15.6. The molecule has 0 aliphatic heterocycles. The zero-order valence-corrected chi connectivity index (χ0v) is 13.2. The molecule has 0 saturated heterocycles. The second-order valence-electron chi connectivity index (χ2n) is 5.25. The summed E-state index contributed by atoms with van der Waals surface area (Å²) < 4.78 is 0. The molecule has 2 heterocycles. The molecule has 0 aliphatic rings. The Hall–Kier alpha value is -1.76. The van der Waals surface area contributed by atoms with Crippen molar-refractivity contribution in [3.05, 3.63) is 28.0 Å². The van der Waals surface area contributed by atoms with Gasteiger partial charge in [-0.15, -0.1) is 11.3 Å². The average molecular weight is 307 g/mol. The number of hydrogen-bond donors (Lipinski definition) is 2. The van der Waals surface area contributed by atoms with E-state index >= 15 is 0 Å². The number of aryl methyl sites for hydroxylation is 1. The van der Waals surface area contributed by atoms with Crippen LogP contribution in [0.3, 0.4) is 0 Å². The topological polar surface area (TPSA) is 83.6 Å². The SMILES string of the molecule is CC(C)c1nc(CCNC(=O)CCCc2cn[nH]n2)cs1. The lowest BCUT2D eigenvalue weighted by molar-refractivity contribution is -0.121. The van der Waals surface area contributed by atoms with Crippen molar-refractivity contribution in [2.45, 2.75) is 45.4 Å². The minimum absolute atomic E-state index is 0.0813. The number of nitrogens with one attached hydrogen (secondary N) is 2. The molecule has 0 unspecified atom stereocenters. The van der Waals surface area contributed by atoms with Gasteiger partial charge in [-0.05, 0) is 12.8 Å². The molecule has 0 bridgehead atoms. The predicted molar refractivity (Wildman–Crippen MR) is 82.2 cm³/mol. The summed E-state index contributed by atoms with van der Waals surface area (Å²) in [6, 6.07) is 0. The molecule has 0 aromatic carbocycles. The van der Waals surface area contributed by atoms with E-state index in [-0.39, 0.29) is 5.91 Å². The molecule has 2 N–H and O–H groups in total. The number of amides is 1. The third-order valence-corrected chi connectivity index (χ3v) is 4.26. The molecule has 21 heavy (non-hydrogen) atoms. The van der Waals surface area contributed by atoms with Crippen LogP contribution in [0.4, 0.5) is 0 Å². The van der Waals surface area contributed by atoms with Crippen LogP contribution in [0.25, 0.3) is 0 Å². The van der Waals surface area contributed by atoms with Crippen LogP contribution in [0.15, 0.2) is 11.6 Å². The van der Waals surface area contributed by atoms with Crippen LogP contribution in [-0.4, -0.2) is 32.8 Å². The summed E-state index contributed by atoms with van der Waals surface area (Å²) in [5.41, 5.74) is 1.96. The van der Waals surface area contributed by atoms with E-state index in [0.29, 0.717) is 18.9 Å². The van der Waals surface area contributed by atoms with Gasteiger partial charge >= 0.3 is 0 Å². The maximum atomic E-state index is 11.7. The molecule has 7 heteroatoms. The van der Waals surface area contributed by atoms with Crippen LogP contribution in [0.1, 0.15) is 49.0 Å². The summed E-state index contributed by atoms with van der Waals surface area (Å²) in [5.74, 6) is 0.549. The van der Waals surface area contributed by atoms with E-state index in [1.165, 1.54) is 0 Å². The van der Waals surface area contributed by atoms with E-state index in [2.05, 4.69) is 44.9 Å². The number of carbonyl (C=O) groups is 1. The molecular weight excluding hydrogens is 286 g/mol. The van der Waals surface area contributed by atoms with Crippen LogP contribution in [0, 0.1) is 0 Å². The molecule has 2 rings (SSSR count). The molecule has 0 saturated carbocycles. The Kier molecular flexibility index (Phi) is 5.86. The lowest BCUT2D eigenvalue weighted by Gasteiger charge is -2.03. The maximum absolute atomic E-state index is 11.7. The standard InChI is InChI=1S/C14H21N5OS/c1-10(2)14-17-12(9-21-14)6-7-15-13(20)5-3-4-11-8-16-19-18-11/h8-10H,3-7H2,1-2H3,(H,15,20)(H,16,18,19). The monoisotopic (exact) mass is 307 g/mol. The first-order chi connectivity index (χ1) is 10.1. The molecule has 0 radical (unpaired) electrons. The third-order valence-electron chi connectivity index (χ3n) is 3.07. The molecule has 0 aliphatic carbocycles. The van der Waals surface area contributed by atoms with Crippen molar-refractivity contribution in [1.82, 2.24) is 25.7 Å². The van der Waals surface area contributed by atoms with E-state index in [0.717, 1.165) is 35.7 Å². The maximum Gasteiger partial charge on any atom is 0.220 e. The predicted octanol–water partition coefficient (Wildman–Crippen LogP) is 2.07. The summed E-state index contributed by atoms with van der Waals surface area (Å²) in [6.07, 6.45) is 4.55. The van der Waals surface area contributed by atoms with E-state index in [4.69, 9.17) is 0 Å². The van der Waals surface area contributed by atoms with Gasteiger partial charge in [0, 0.05) is 30.7 Å². The van der Waals surface area contributed by atoms with Gasteiger partial charge in [-0.25, -0.2) is 4.98 Å². The minimum atomic E-state index is 0.0813. The van der Waals surface area contributed by atoms with Gasteiger partial charge in [0.25, 0.3) is 0 Å². The van der Waals surface area contributed by atoms with Gasteiger partial charge in [0.15, 0.2) is 0 Å². The highest BCUT2D eigenvalue weighted by atomic mass is 32.1. The summed E-state index contributed by atoms with van der Waals surface area (Å²) in [5, 5.41) is 16.4. The fraction of sp³-hybridized carbons (Fsp3) is 0.571. The second kappa shape index (κ2) is 7.87. The van der Waals surface area contributed by atoms with Gasteiger partial charge in [-0.2, -0.15) is 15.4 Å². The normalized spacial score (nSPS) is 11.0. The fourth-order valence-corrected chi connectivity index (χ4v) is 2.77. The Morgan fingerprint density at radius 3 is 2.90 bits per heavy atom. The quantitative estimate of drug-likeness (QED) is 0.782. The van der Waals surface area contributed by atoms with Crippen molar-refractivity contribution in [3.63, 3.8) is 0 Å². The lowest BCUT2D eigenvalue weighted by atomic mass is 10.2. The van der Waals surface area contributed by atoms with Gasteiger partial charge in [0.2, 0.25) is 5.91 Å². The highest BCUT2D eigenvalue weighted by Crippen LogP contribution is 2.19. The van der Waals surface area contributed by atoms with E-state index in [1.54, 1.807) is 17.5 Å². The summed E-state index contributed by atoms with van der Waals surface area (Å²) in [7, 11) is 0. The minimum Gasteiger partial charge on any atom is -0.356 e. The van der Waals surface area contributed by atoms with Crippen molar-refractivity contribution in [1.29, 1.82) is 0 Å². The molecule has 2 aromatic heterocycles. The summed E-state index contributed by atoms with van der Waals surface area (Å²) in [4.78, 5) is 16.3. The van der Waals surface area contributed by atoms with Crippen LogP contribution >= 0.6 is 11.3 Å². The van der Waals surface area contributed by atoms with Gasteiger partial charge in [0.05, 0.1) is 22.6 Å². The molecule has 0 fully saturated rings. The summed E-state index contributed by atoms with van der Waals surface area (Å²) in [6.45, 7) is 4.92. The Morgan fingerprint density at radius 2 is 2.24 bits per heavy atom. The number of aromatic nitrogens is 4. The zero-order chi connectivity index (χ0) is 15.1. The Morgan fingerprint density at radius 1 is 1.38 bits per heavy atom. The van der Waals surface area contributed by atoms with Crippen molar-refractivity contribution >= 4 is 17.2 Å². The highest BCUT2D eigenvalue weighted by Gasteiger charge is 2.07. The molecule has 0 spiro atoms. The van der Waals surface area contributed by atoms with Crippen LogP contribution < -0.4 is 5.32 Å². The largest absolute Gasteiger partial charge is 0.356 e. The number of aromatic amines is 1. The van der Waals surface area contributed by atoms with Crippen LogP contribution in [0.5, 0.6) is 0 Å². The Balaban J connectivity index is 1.60. The second-order valence-corrected chi connectivity index (χ2v) is 6.14. The van der Waals surface area contributed by atoms with E-state index < -0.39 is 0 Å². The van der Waals surface area contributed by atoms with Crippen LogP contribution in [-0.2, 0) is 17.6 Å². The van der Waals surface area contributed by atoms with Crippen molar-refractivity contribution in [2.75, 3.05) is 6.54 Å². The van der Waals surface area contributed by atoms with E-state index in [1.807, 2.05) is 0 Å². The molecule has 1 amide bonds. The Bertz CT molecular complexity index is 549. The van der Waals surface area contributed by atoms with Crippen molar-refractivity contribution < 1.29 is 4.79 Å². The lowest BCUT2D eigenvalue weighted by Crippen LogP contribution is -2.25. The van der Waals surface area contributed by atoms with Crippen molar-refractivity contribution in [3.8, 4) is 0 Å². The van der Waals surface area contributed by atoms with Crippen molar-refractivity contribution in [2.24, 2.45) is 0 Å². The average Bonchev–Trinajstić information content (AvgIpc) is 3.09. The molecule has 114 valence electrons. The van der Waals surface area contributed by atoms with Gasteiger partial charge in [-0.3, -0.25) is 4.79 Å². The first-order valence-corrected chi connectivity index (χ1v) is 8.08. The molecule has 6 nitrogen and oxygen atoms in total. The number of hydrogen-bond acceptors (Lipinski definition) is 5. The number of rotatable bonds is 8. The first-order valence-electron chi connectivity index (χ1n) is 7.21. The van der Waals surface area contributed by atoms with Crippen LogP contribution in [0.2, 0.25) is 0 Å². The molecule has 0 atom stereocenters. The van der Waals surface area contributed by atoms with Gasteiger partial charge in [-0.1, -0.05) is 13.8 Å². The number of H-pyrrole nitrogens is 1. The number of thiazole rings is 1. The smallest absolute Gasteiger partial charge is 0.220 e. The fourth-order valence-electron chi connectivity index (χ4n) is 1.90. The zero-order valence-electron chi connectivity index (χ0n) is 12.4. The van der Waals surface area contributed by atoms with E-state index in [9.17, 15) is 4.79 Å². The number of nitrogens with zero attached hydrogens (tertiary/aromatic N) is 3. The highest BCUT2D eigenvalue weighted by molar-refractivity contribution is 7.09. The van der Waals surface area contributed by atoms with Gasteiger partial charge in [0.1, 0.15) is 0 Å².